The number of nitrogens with zero attached hydrogens (tertiary/aromatic N) is 1. The van der Waals surface area contributed by atoms with Gasteiger partial charge in [0.05, 0.1) is 0 Å². The van der Waals surface area contributed by atoms with Crippen LogP contribution in [0, 0.1) is 5.82 Å². The van der Waals surface area contributed by atoms with Crippen LogP contribution in [-0.4, -0.2) is 35.3 Å². The second kappa shape index (κ2) is 6.52. The Hall–Kier alpha value is -2.17. The first-order chi connectivity index (χ1) is 11.1. The Morgan fingerprint density at radius 2 is 2.00 bits per heavy atom. The molecule has 0 aromatic heterocycles. The summed E-state index contributed by atoms with van der Waals surface area (Å²) in [5.74, 6) is -0.631. The summed E-state index contributed by atoms with van der Waals surface area (Å²) in [6.07, 6.45) is 5.00. The first kappa shape index (κ1) is 15.7. The largest absolute Gasteiger partial charge is 0.352 e. The zero-order valence-electron chi connectivity index (χ0n) is 13.2. The van der Waals surface area contributed by atoms with Gasteiger partial charge < -0.3 is 10.2 Å². The lowest BCUT2D eigenvalue weighted by molar-refractivity contribution is -0.135. The van der Waals surface area contributed by atoms with Crippen molar-refractivity contribution in [1.82, 2.24) is 10.2 Å². The fourth-order valence-electron chi connectivity index (χ4n) is 2.96. The van der Waals surface area contributed by atoms with E-state index in [1.165, 1.54) is 12.1 Å². The van der Waals surface area contributed by atoms with Crippen LogP contribution in [-0.2, 0) is 9.59 Å². The van der Waals surface area contributed by atoms with E-state index in [0.29, 0.717) is 24.1 Å². The molecule has 0 bridgehead atoms. The van der Waals surface area contributed by atoms with Gasteiger partial charge in [-0.2, -0.15) is 0 Å². The summed E-state index contributed by atoms with van der Waals surface area (Å²) >= 11 is 0. The van der Waals surface area contributed by atoms with Gasteiger partial charge in [-0.05, 0) is 44.2 Å². The third kappa shape index (κ3) is 3.60. The van der Waals surface area contributed by atoms with E-state index >= 15 is 0 Å². The van der Waals surface area contributed by atoms with E-state index in [2.05, 4.69) is 5.32 Å². The highest BCUT2D eigenvalue weighted by molar-refractivity contribution is 5.98. The predicted molar refractivity (Wildman–Crippen MR) is 86.0 cm³/mol. The van der Waals surface area contributed by atoms with E-state index in [0.717, 1.165) is 19.3 Å². The number of nitrogens with one attached hydrogen (secondary N) is 1. The minimum absolute atomic E-state index is 0.0599. The van der Waals surface area contributed by atoms with Gasteiger partial charge >= 0.3 is 0 Å². The van der Waals surface area contributed by atoms with Crippen LogP contribution in [0.25, 0.3) is 5.57 Å². The molecule has 1 atom stereocenters. The molecule has 122 valence electrons. The summed E-state index contributed by atoms with van der Waals surface area (Å²) in [7, 11) is 0. The van der Waals surface area contributed by atoms with Crippen molar-refractivity contribution in [2.75, 3.05) is 6.54 Å². The van der Waals surface area contributed by atoms with Crippen LogP contribution in [0.5, 0.6) is 0 Å². The second-order valence-electron chi connectivity index (χ2n) is 6.28. The molecule has 4 nitrogen and oxygen atoms in total. The number of hydrogen-bond donors (Lipinski definition) is 1. The quantitative estimate of drug-likeness (QED) is 0.868. The van der Waals surface area contributed by atoms with Crippen LogP contribution >= 0.6 is 0 Å². The highest BCUT2D eigenvalue weighted by atomic mass is 19.1. The number of hydrogen-bond acceptors (Lipinski definition) is 2. The summed E-state index contributed by atoms with van der Waals surface area (Å²) in [6, 6.07) is 6.27. The molecule has 3 rings (SSSR count). The Bertz CT molecular complexity index is 652. The number of rotatable bonds is 4. The fraction of sp³-hybridized carbons (Fsp3) is 0.444. The summed E-state index contributed by atoms with van der Waals surface area (Å²) in [5.41, 5.74) is 0.986. The van der Waals surface area contributed by atoms with Crippen molar-refractivity contribution in [2.45, 2.75) is 44.7 Å². The van der Waals surface area contributed by atoms with Gasteiger partial charge in [0.1, 0.15) is 11.9 Å². The molecule has 23 heavy (non-hydrogen) atoms. The highest BCUT2D eigenvalue weighted by Crippen LogP contribution is 2.24. The van der Waals surface area contributed by atoms with Gasteiger partial charge in [-0.25, -0.2) is 4.39 Å². The molecule has 2 aliphatic rings. The van der Waals surface area contributed by atoms with Gasteiger partial charge in [0.2, 0.25) is 11.8 Å². The van der Waals surface area contributed by atoms with Crippen molar-refractivity contribution in [3.05, 3.63) is 41.7 Å². The standard InChI is InChI=1S/C18H21FN2O2/c1-12(14-5-2-3-6-15(14)19)11-17(22)21-10-4-7-16(21)18(23)20-13-8-9-13/h2-3,5-6,11,13,16H,4,7-10H2,1H3,(H,20,23)/b12-11-. The molecule has 5 heteroatoms. The third-order valence-corrected chi connectivity index (χ3v) is 4.40. The van der Waals surface area contributed by atoms with Crippen molar-refractivity contribution < 1.29 is 14.0 Å². The SMILES string of the molecule is C/C(=C/C(=O)N1CCCC1C(=O)NC1CC1)c1ccccc1F. The molecule has 1 saturated carbocycles. The minimum atomic E-state index is -0.396. The average molecular weight is 316 g/mol. The summed E-state index contributed by atoms with van der Waals surface area (Å²) in [4.78, 5) is 26.3. The number of carbonyl (C=O) groups is 2. The van der Waals surface area contributed by atoms with Gasteiger partial charge in [0.25, 0.3) is 0 Å². The summed E-state index contributed by atoms with van der Waals surface area (Å²) in [6.45, 7) is 2.29. The Morgan fingerprint density at radius 1 is 1.26 bits per heavy atom. The van der Waals surface area contributed by atoms with Crippen LogP contribution in [0.1, 0.15) is 38.2 Å². The maximum Gasteiger partial charge on any atom is 0.247 e. The Labute approximate surface area is 135 Å². The van der Waals surface area contributed by atoms with Crippen molar-refractivity contribution in [2.24, 2.45) is 0 Å². The predicted octanol–water partition coefficient (Wildman–Crippen LogP) is 2.50. The summed E-state index contributed by atoms with van der Waals surface area (Å²) in [5, 5.41) is 2.96. The van der Waals surface area contributed by atoms with Crippen LogP contribution in [0.4, 0.5) is 4.39 Å². The van der Waals surface area contributed by atoms with E-state index < -0.39 is 6.04 Å². The number of likely N-dealkylation sites (tertiary alicyclic amines) is 1. The lowest BCUT2D eigenvalue weighted by Gasteiger charge is -2.23. The van der Waals surface area contributed by atoms with Gasteiger partial charge in [-0.15, -0.1) is 0 Å². The van der Waals surface area contributed by atoms with E-state index in [4.69, 9.17) is 0 Å². The molecule has 0 spiro atoms. The maximum absolute atomic E-state index is 13.8. The average Bonchev–Trinajstić information content (AvgIpc) is 3.19. The fourth-order valence-corrected chi connectivity index (χ4v) is 2.96. The first-order valence-corrected chi connectivity index (χ1v) is 8.10. The number of halogens is 1. The molecule has 1 aromatic rings. The molecule has 1 saturated heterocycles. The zero-order chi connectivity index (χ0) is 16.4. The lowest BCUT2D eigenvalue weighted by atomic mass is 10.1. The molecule has 1 heterocycles. The molecule has 0 radical (unpaired) electrons. The van der Waals surface area contributed by atoms with Gasteiger partial charge in [0.15, 0.2) is 0 Å². The highest BCUT2D eigenvalue weighted by Gasteiger charge is 2.35. The second-order valence-corrected chi connectivity index (χ2v) is 6.28. The molecule has 1 aliphatic carbocycles. The van der Waals surface area contributed by atoms with Crippen molar-refractivity contribution in [1.29, 1.82) is 0 Å². The van der Waals surface area contributed by atoms with Crippen LogP contribution in [0.2, 0.25) is 0 Å². The summed E-state index contributed by atoms with van der Waals surface area (Å²) < 4.78 is 13.8. The van der Waals surface area contributed by atoms with Crippen molar-refractivity contribution in [3.63, 3.8) is 0 Å². The smallest absolute Gasteiger partial charge is 0.247 e. The van der Waals surface area contributed by atoms with E-state index in [-0.39, 0.29) is 23.7 Å². The molecular weight excluding hydrogens is 295 g/mol. The maximum atomic E-state index is 13.8. The zero-order valence-corrected chi connectivity index (χ0v) is 13.2. The monoisotopic (exact) mass is 316 g/mol. The minimum Gasteiger partial charge on any atom is -0.352 e. The lowest BCUT2D eigenvalue weighted by Crippen LogP contribution is -2.46. The van der Waals surface area contributed by atoms with Gasteiger partial charge in [-0.1, -0.05) is 18.2 Å². The molecular formula is C18H21FN2O2. The molecule has 2 fully saturated rings. The van der Waals surface area contributed by atoms with Crippen LogP contribution < -0.4 is 5.32 Å². The number of benzene rings is 1. The van der Waals surface area contributed by atoms with Gasteiger partial charge in [-0.3, -0.25) is 9.59 Å². The number of carbonyl (C=O) groups excluding carboxylic acids is 2. The number of allylic oxidation sites excluding steroid dienone is 1. The molecule has 2 amide bonds. The van der Waals surface area contributed by atoms with Crippen LogP contribution in [0.15, 0.2) is 30.3 Å². The topological polar surface area (TPSA) is 49.4 Å². The van der Waals surface area contributed by atoms with E-state index in [1.807, 2.05) is 0 Å². The molecule has 1 unspecified atom stereocenters. The first-order valence-electron chi connectivity index (χ1n) is 8.10. The Balaban J connectivity index is 1.72. The van der Waals surface area contributed by atoms with Gasteiger partial charge in [0, 0.05) is 24.2 Å². The number of amides is 2. The van der Waals surface area contributed by atoms with E-state index in [1.54, 1.807) is 30.0 Å². The van der Waals surface area contributed by atoms with Crippen molar-refractivity contribution in [3.8, 4) is 0 Å². The normalized spacial score (nSPS) is 21.4. The van der Waals surface area contributed by atoms with E-state index in [9.17, 15) is 14.0 Å². The molecule has 1 aliphatic heterocycles. The van der Waals surface area contributed by atoms with Crippen LogP contribution in [0.3, 0.4) is 0 Å². The van der Waals surface area contributed by atoms with Crippen molar-refractivity contribution >= 4 is 17.4 Å². The third-order valence-electron chi connectivity index (χ3n) is 4.40. The Morgan fingerprint density at radius 3 is 2.70 bits per heavy atom. The Kier molecular flexibility index (Phi) is 4.46. The molecule has 1 aromatic carbocycles. The molecule has 1 N–H and O–H groups in total.